The lowest BCUT2D eigenvalue weighted by atomic mass is 9.95. The van der Waals surface area contributed by atoms with Gasteiger partial charge in [0, 0.05) is 36.7 Å². The molecule has 164 valence electrons. The minimum absolute atomic E-state index is 0.0752. The van der Waals surface area contributed by atoms with Gasteiger partial charge in [0.2, 0.25) is 11.7 Å². The third-order valence-electron chi connectivity index (χ3n) is 5.27. The van der Waals surface area contributed by atoms with Crippen molar-refractivity contribution in [1.82, 2.24) is 24.9 Å². The zero-order valence-corrected chi connectivity index (χ0v) is 17.9. The van der Waals surface area contributed by atoms with Crippen LogP contribution >= 0.6 is 0 Å². The molecule has 3 heterocycles. The van der Waals surface area contributed by atoms with Crippen molar-refractivity contribution in [3.05, 3.63) is 72.1 Å². The molecule has 0 saturated heterocycles. The number of aromatic nitrogens is 5. The molecule has 3 aromatic heterocycles. The molecular weight excluding hydrogens is 406 g/mol. The lowest BCUT2D eigenvalue weighted by Crippen LogP contribution is -2.07. The summed E-state index contributed by atoms with van der Waals surface area (Å²) in [5.41, 5.74) is 2.44. The molecule has 2 N–H and O–H groups in total. The standard InChI is InChI=1S/C24H25N5O3/c1-2-3-5-16(11-15-30)20-24(27-14-13-25-20)32-18-9-7-17(8-10-18)21(31)23-28-19-6-4-12-26-22(19)29-23/h4,6-10,12-14,16,30H,2-3,5,11,15H2,1H3,(H,26,28,29). The lowest BCUT2D eigenvalue weighted by molar-refractivity contribution is 0.103. The van der Waals surface area contributed by atoms with E-state index in [1.165, 1.54) is 0 Å². The summed E-state index contributed by atoms with van der Waals surface area (Å²) in [4.78, 5) is 33.1. The van der Waals surface area contributed by atoms with E-state index < -0.39 is 0 Å². The van der Waals surface area contributed by atoms with Gasteiger partial charge in [0.05, 0.1) is 5.52 Å². The molecule has 0 saturated carbocycles. The number of ketones is 1. The van der Waals surface area contributed by atoms with E-state index in [0.717, 1.165) is 25.0 Å². The van der Waals surface area contributed by atoms with Gasteiger partial charge in [-0.05, 0) is 49.2 Å². The van der Waals surface area contributed by atoms with Gasteiger partial charge in [0.1, 0.15) is 11.4 Å². The second-order valence-electron chi connectivity index (χ2n) is 7.51. The topological polar surface area (TPSA) is 114 Å². The number of fused-ring (bicyclic) bond motifs is 1. The van der Waals surface area contributed by atoms with E-state index >= 15 is 0 Å². The molecule has 0 bridgehead atoms. The maximum absolute atomic E-state index is 12.8. The summed E-state index contributed by atoms with van der Waals surface area (Å²) in [5, 5.41) is 9.47. The number of rotatable bonds is 10. The highest BCUT2D eigenvalue weighted by molar-refractivity contribution is 6.07. The number of aromatic amines is 1. The number of pyridine rings is 1. The SMILES string of the molecule is CCCCC(CCO)c1nccnc1Oc1ccc(C(=O)c2nc3ncccc3[nH]2)cc1. The molecule has 0 amide bonds. The minimum atomic E-state index is -0.225. The summed E-state index contributed by atoms with van der Waals surface area (Å²) in [7, 11) is 0. The van der Waals surface area contributed by atoms with Gasteiger partial charge in [-0.3, -0.25) is 9.78 Å². The Morgan fingerprint density at radius 3 is 2.62 bits per heavy atom. The van der Waals surface area contributed by atoms with E-state index in [9.17, 15) is 9.90 Å². The van der Waals surface area contributed by atoms with Crippen molar-refractivity contribution >= 4 is 16.9 Å². The van der Waals surface area contributed by atoms with Gasteiger partial charge in [0.25, 0.3) is 0 Å². The van der Waals surface area contributed by atoms with Crippen molar-refractivity contribution in [2.24, 2.45) is 0 Å². The average molecular weight is 431 g/mol. The maximum Gasteiger partial charge on any atom is 0.241 e. The number of carbonyl (C=O) groups is 1. The molecule has 0 aliphatic rings. The summed E-state index contributed by atoms with van der Waals surface area (Å²) < 4.78 is 6.01. The van der Waals surface area contributed by atoms with Crippen molar-refractivity contribution in [3.8, 4) is 11.6 Å². The van der Waals surface area contributed by atoms with Crippen LogP contribution in [-0.2, 0) is 0 Å². The van der Waals surface area contributed by atoms with Gasteiger partial charge in [0.15, 0.2) is 11.5 Å². The van der Waals surface area contributed by atoms with Crippen molar-refractivity contribution in [1.29, 1.82) is 0 Å². The van der Waals surface area contributed by atoms with Crippen molar-refractivity contribution in [3.63, 3.8) is 0 Å². The summed E-state index contributed by atoms with van der Waals surface area (Å²) >= 11 is 0. The molecule has 1 unspecified atom stereocenters. The van der Waals surface area contributed by atoms with E-state index in [4.69, 9.17) is 4.74 Å². The molecule has 4 rings (SSSR count). The Labute approximate surface area is 185 Å². The molecule has 1 aromatic carbocycles. The van der Waals surface area contributed by atoms with Gasteiger partial charge >= 0.3 is 0 Å². The predicted molar refractivity (Wildman–Crippen MR) is 120 cm³/mol. The fraction of sp³-hybridized carbons (Fsp3) is 0.292. The van der Waals surface area contributed by atoms with Crippen LogP contribution in [0.5, 0.6) is 11.6 Å². The van der Waals surface area contributed by atoms with E-state index in [2.05, 4.69) is 31.8 Å². The van der Waals surface area contributed by atoms with Crippen molar-refractivity contribution < 1.29 is 14.6 Å². The lowest BCUT2D eigenvalue weighted by Gasteiger charge is -2.17. The Balaban J connectivity index is 1.52. The Morgan fingerprint density at radius 1 is 1.06 bits per heavy atom. The number of nitrogens with one attached hydrogen (secondary N) is 1. The molecule has 8 heteroatoms. The van der Waals surface area contributed by atoms with Gasteiger partial charge in [-0.25, -0.2) is 15.0 Å². The van der Waals surface area contributed by atoms with E-state index in [0.29, 0.717) is 34.8 Å². The number of unbranched alkanes of at least 4 members (excludes halogenated alkanes) is 1. The molecule has 1 atom stereocenters. The third kappa shape index (κ3) is 4.81. The van der Waals surface area contributed by atoms with E-state index in [-0.39, 0.29) is 24.1 Å². The van der Waals surface area contributed by atoms with Gasteiger partial charge in [-0.1, -0.05) is 19.8 Å². The number of hydrogen-bond acceptors (Lipinski definition) is 7. The Morgan fingerprint density at radius 2 is 1.88 bits per heavy atom. The van der Waals surface area contributed by atoms with Crippen molar-refractivity contribution in [2.45, 2.75) is 38.5 Å². The average Bonchev–Trinajstić information content (AvgIpc) is 3.27. The molecule has 0 radical (unpaired) electrons. The largest absolute Gasteiger partial charge is 0.437 e. The highest BCUT2D eigenvalue weighted by Crippen LogP contribution is 2.32. The highest BCUT2D eigenvalue weighted by atomic mass is 16.5. The summed E-state index contributed by atoms with van der Waals surface area (Å²) in [6, 6.07) is 10.4. The summed E-state index contributed by atoms with van der Waals surface area (Å²) in [5.74, 6) is 1.06. The normalized spacial score (nSPS) is 12.1. The zero-order chi connectivity index (χ0) is 22.3. The number of H-pyrrole nitrogens is 1. The van der Waals surface area contributed by atoms with Crippen LogP contribution in [0.2, 0.25) is 0 Å². The first-order valence-corrected chi connectivity index (χ1v) is 10.7. The number of aliphatic hydroxyl groups is 1. The van der Waals surface area contributed by atoms with Gasteiger partial charge in [-0.15, -0.1) is 0 Å². The number of nitrogens with zero attached hydrogens (tertiary/aromatic N) is 4. The van der Waals surface area contributed by atoms with E-state index in [1.54, 1.807) is 48.9 Å². The van der Waals surface area contributed by atoms with E-state index in [1.807, 2.05) is 6.07 Å². The number of hydrogen-bond donors (Lipinski definition) is 2. The number of imidazole rings is 1. The molecule has 0 aliphatic heterocycles. The molecule has 4 aromatic rings. The Bertz CT molecular complexity index is 1160. The molecule has 8 nitrogen and oxygen atoms in total. The van der Waals surface area contributed by atoms with Crippen LogP contribution in [0.1, 0.15) is 60.4 Å². The van der Waals surface area contributed by atoms with Crippen molar-refractivity contribution in [2.75, 3.05) is 6.61 Å². The zero-order valence-electron chi connectivity index (χ0n) is 17.9. The number of benzene rings is 1. The first-order valence-electron chi connectivity index (χ1n) is 10.7. The first-order chi connectivity index (χ1) is 15.7. The smallest absolute Gasteiger partial charge is 0.241 e. The van der Waals surface area contributed by atoms with Gasteiger partial charge < -0.3 is 14.8 Å². The summed E-state index contributed by atoms with van der Waals surface area (Å²) in [6.45, 7) is 2.22. The van der Waals surface area contributed by atoms with Crippen LogP contribution in [-0.4, -0.2) is 42.4 Å². The van der Waals surface area contributed by atoms with Crippen LogP contribution in [0.4, 0.5) is 0 Å². The number of ether oxygens (including phenoxy) is 1. The van der Waals surface area contributed by atoms with Crippen LogP contribution in [0.15, 0.2) is 55.0 Å². The molecular formula is C24H25N5O3. The minimum Gasteiger partial charge on any atom is -0.437 e. The van der Waals surface area contributed by atoms with Crippen LogP contribution in [0.25, 0.3) is 11.2 Å². The number of carbonyl (C=O) groups excluding carboxylic acids is 1. The molecule has 32 heavy (non-hydrogen) atoms. The number of aliphatic hydroxyl groups excluding tert-OH is 1. The highest BCUT2D eigenvalue weighted by Gasteiger charge is 2.19. The second-order valence-corrected chi connectivity index (χ2v) is 7.51. The van der Waals surface area contributed by atoms with Crippen LogP contribution in [0.3, 0.4) is 0 Å². The molecule has 0 spiro atoms. The van der Waals surface area contributed by atoms with Crippen LogP contribution in [0, 0.1) is 0 Å². The first kappa shape index (κ1) is 21.6. The Hall–Kier alpha value is -3.65. The van der Waals surface area contributed by atoms with Crippen LogP contribution < -0.4 is 4.74 Å². The fourth-order valence-corrected chi connectivity index (χ4v) is 3.59. The summed E-state index contributed by atoms with van der Waals surface area (Å²) in [6.07, 6.45) is 8.48. The monoisotopic (exact) mass is 431 g/mol. The maximum atomic E-state index is 12.8. The Kier molecular flexibility index (Phi) is 6.81. The van der Waals surface area contributed by atoms with Gasteiger partial charge in [-0.2, -0.15) is 0 Å². The second kappa shape index (κ2) is 10.1. The third-order valence-corrected chi connectivity index (χ3v) is 5.27. The fourth-order valence-electron chi connectivity index (χ4n) is 3.59. The quantitative estimate of drug-likeness (QED) is 0.357. The predicted octanol–water partition coefficient (Wildman–Crippen LogP) is 4.43. The molecule has 0 aliphatic carbocycles. The molecule has 0 fully saturated rings.